The third kappa shape index (κ3) is 18.6. The van der Waals surface area contributed by atoms with Gasteiger partial charge in [0.15, 0.2) is 44.8 Å². The molecule has 48 heteroatoms. The summed E-state index contributed by atoms with van der Waals surface area (Å²) in [6, 6.07) is 0. The van der Waals surface area contributed by atoms with Crippen molar-refractivity contribution < 1.29 is 218 Å². The predicted octanol–water partition coefficient (Wildman–Crippen LogP) is 21.3. The van der Waals surface area contributed by atoms with Crippen LogP contribution in [0.15, 0.2) is 0 Å². The van der Waals surface area contributed by atoms with Gasteiger partial charge in [-0.25, -0.2) is 0 Å². The largest absolute Gasteiger partial charge is 0.452 e. The first-order chi connectivity index (χ1) is 52.7. The van der Waals surface area contributed by atoms with Gasteiger partial charge in [0.2, 0.25) is 0 Å². The molecule has 0 bridgehead atoms. The van der Waals surface area contributed by atoms with Gasteiger partial charge in [-0.05, 0) is 159 Å². The summed E-state index contributed by atoms with van der Waals surface area (Å²) in [6.45, 7) is 18.2. The van der Waals surface area contributed by atoms with Crippen LogP contribution in [0.3, 0.4) is 0 Å². The molecule has 4 aliphatic heterocycles. The van der Waals surface area contributed by atoms with Gasteiger partial charge in [0.25, 0.3) is 0 Å². The van der Waals surface area contributed by atoms with E-state index in [1.54, 1.807) is 0 Å². The minimum atomic E-state index is -6.32. The van der Waals surface area contributed by atoms with Crippen LogP contribution >= 0.6 is 0 Å². The summed E-state index contributed by atoms with van der Waals surface area (Å²) in [6.07, 6.45) is -56.1. The number of hydrogen-bond acceptors (Lipinski definition) is 16. The molecule has 2 saturated carbocycles. The predicted molar refractivity (Wildman–Crippen MR) is 350 cm³/mol. The van der Waals surface area contributed by atoms with Crippen LogP contribution in [0.25, 0.3) is 0 Å². The molecule has 12 atom stereocenters. The molecule has 6 fully saturated rings. The van der Waals surface area contributed by atoms with Gasteiger partial charge >= 0.3 is 120 Å². The van der Waals surface area contributed by atoms with Crippen LogP contribution in [0.4, 0.5) is 140 Å². The minimum absolute atomic E-state index is 0.00403. The molecule has 0 radical (unpaired) electrons. The molecule has 6 aliphatic rings. The monoisotopic (exact) mass is 1830 g/mol. The molecule has 120 heavy (non-hydrogen) atoms. The zero-order valence-corrected chi connectivity index (χ0v) is 68.1. The first kappa shape index (κ1) is 109. The molecule has 2 aliphatic carbocycles. The van der Waals surface area contributed by atoms with Gasteiger partial charge in [-0.2, -0.15) is 140 Å². The summed E-state index contributed by atoms with van der Waals surface area (Å²) in [7, 11) is 0. The Morgan fingerprint density at radius 2 is 0.517 bits per heavy atom. The highest BCUT2D eigenvalue weighted by Gasteiger charge is 2.91. The van der Waals surface area contributed by atoms with Gasteiger partial charge < -0.3 is 58.3 Å². The number of carbonyl (C=O) groups is 4. The molecule has 0 aromatic carbocycles. The first-order valence-corrected chi connectivity index (χ1v) is 37.4. The summed E-state index contributed by atoms with van der Waals surface area (Å²) in [4.78, 5) is 49.6. The number of esters is 4. The molecule has 16 nitrogen and oxygen atoms in total. The second-order valence-corrected chi connectivity index (χ2v) is 34.5. The van der Waals surface area contributed by atoms with Gasteiger partial charge in [0.1, 0.15) is 0 Å². The average molecular weight is 1830 g/mol. The molecule has 4 heterocycles. The molecule has 0 aromatic heterocycles. The Morgan fingerprint density at radius 3 is 0.758 bits per heavy atom. The second-order valence-electron chi connectivity index (χ2n) is 34.5. The van der Waals surface area contributed by atoms with E-state index in [1.807, 2.05) is 0 Å². The molecule has 4 saturated heterocycles. The van der Waals surface area contributed by atoms with E-state index in [2.05, 4.69) is 28.4 Å². The smallest absolute Gasteiger partial charge is 0.449 e. The lowest BCUT2D eigenvalue weighted by Crippen LogP contribution is -2.80. The lowest BCUT2D eigenvalue weighted by atomic mass is 9.65. The van der Waals surface area contributed by atoms with Crippen LogP contribution in [-0.4, -0.2) is 185 Å². The average Bonchev–Trinajstić information content (AvgIpc) is 0.689. The Morgan fingerprint density at radius 1 is 0.300 bits per heavy atom. The number of ether oxygens (including phenoxy) is 8. The van der Waals surface area contributed by atoms with E-state index >= 15 is 17.6 Å². The number of aliphatic hydroxyl groups is 4. The summed E-state index contributed by atoms with van der Waals surface area (Å²) >= 11 is 0. The molecule has 0 amide bonds. The van der Waals surface area contributed by atoms with Crippen molar-refractivity contribution >= 4 is 23.9 Å². The van der Waals surface area contributed by atoms with Gasteiger partial charge in [-0.3, -0.25) is 19.2 Å². The summed E-state index contributed by atoms with van der Waals surface area (Å²) in [5, 5.41) is 39.5. The van der Waals surface area contributed by atoms with E-state index in [9.17, 15) is 163 Å². The number of alkyl halides is 32. The topological polar surface area (TPSA) is 223 Å². The van der Waals surface area contributed by atoms with E-state index in [1.165, 1.54) is 83.1 Å². The lowest BCUT2D eigenvalue weighted by molar-refractivity contribution is -0.525. The van der Waals surface area contributed by atoms with E-state index in [4.69, 9.17) is 9.47 Å². The first-order valence-electron chi connectivity index (χ1n) is 37.4. The maximum atomic E-state index is 15.5. The maximum Gasteiger partial charge on any atom is 0.449 e. The fourth-order valence-electron chi connectivity index (χ4n) is 14.2. The Bertz CT molecular complexity index is 3560. The van der Waals surface area contributed by atoms with Crippen molar-refractivity contribution in [3.8, 4) is 0 Å². The number of halogens is 32. The number of rotatable bonds is 16. The number of hydrogen-bond donors (Lipinski definition) is 4. The van der Waals surface area contributed by atoms with Crippen LogP contribution in [0.5, 0.6) is 0 Å². The lowest BCUT2D eigenvalue weighted by Gasteiger charge is -2.59. The van der Waals surface area contributed by atoms with E-state index < -0.39 is 237 Å². The Labute approximate surface area is 668 Å². The van der Waals surface area contributed by atoms with Crippen LogP contribution in [0, 0.1) is 33.5 Å². The van der Waals surface area contributed by atoms with Crippen LogP contribution in [-0.2, 0) is 57.1 Å². The van der Waals surface area contributed by atoms with Crippen LogP contribution in [0.2, 0.25) is 0 Å². The minimum Gasteiger partial charge on any atom is -0.452 e. The molecule has 6 rings (SSSR count). The Hall–Kier alpha value is -4.68. The van der Waals surface area contributed by atoms with Crippen LogP contribution < -0.4 is 0 Å². The third-order valence-corrected chi connectivity index (χ3v) is 24.4. The fourth-order valence-corrected chi connectivity index (χ4v) is 14.2. The van der Waals surface area contributed by atoms with E-state index in [0.717, 1.165) is 13.8 Å². The molecular weight excluding hydrogens is 1730 g/mol. The van der Waals surface area contributed by atoms with Crippen LogP contribution in [0.1, 0.15) is 253 Å². The van der Waals surface area contributed by atoms with E-state index in [0.29, 0.717) is 19.8 Å². The highest BCUT2D eigenvalue weighted by atomic mass is 19.4. The van der Waals surface area contributed by atoms with Gasteiger partial charge in [0.05, 0.1) is 21.7 Å². The zero-order valence-electron chi connectivity index (χ0n) is 68.1. The summed E-state index contributed by atoms with van der Waals surface area (Å²) < 4.78 is 484. The molecule has 12 unspecified atom stereocenters. The van der Waals surface area contributed by atoms with Crippen molar-refractivity contribution in [3.05, 3.63) is 0 Å². The van der Waals surface area contributed by atoms with Crippen molar-refractivity contribution in [2.45, 2.75) is 394 Å². The van der Waals surface area contributed by atoms with Crippen molar-refractivity contribution in [2.75, 3.05) is 0 Å². The quantitative estimate of drug-likeness (QED) is 0.0641. The molecule has 708 valence electrons. The molecule has 4 N–H and O–H groups in total. The second kappa shape index (κ2) is 33.5. The highest BCUT2D eigenvalue weighted by Crippen LogP contribution is 2.69. The van der Waals surface area contributed by atoms with Crippen molar-refractivity contribution in [1.29, 1.82) is 0 Å². The molecule has 0 aromatic rings. The van der Waals surface area contributed by atoms with Crippen molar-refractivity contribution in [1.82, 2.24) is 0 Å². The van der Waals surface area contributed by atoms with E-state index in [-0.39, 0.29) is 97.8 Å². The van der Waals surface area contributed by atoms with Gasteiger partial charge in [0, 0.05) is 25.7 Å². The van der Waals surface area contributed by atoms with Gasteiger partial charge in [-0.1, -0.05) is 80.1 Å². The van der Waals surface area contributed by atoms with Crippen molar-refractivity contribution in [2.24, 2.45) is 33.5 Å². The normalized spacial score (nSPS) is 34.6. The maximum absolute atomic E-state index is 15.5. The zero-order chi connectivity index (χ0) is 95.3. The SMILES string of the molecule is CCC(C)(C)C(=O)OC1(C)CC(C)(C(F)(F)F)OC(O)(C(F)(F)F)C1(F)F.CCC(C)(C)C(=O)OC1(C)CC(C2CCCCC2)(C(F)(F)F)OC(O)(C(F)(F)F)C1(F)F.CCC(C)(C)C(=O)OC1(CC)CC(C)(C(F)(F)F)OC(O)(C(F)(F)F)C1(F)F.CCC(C)(C)C(=O)OC1(CC)CC(C2CCCCC2)(C(F)(F)F)OC(O)(C(F)(F)F)C1(F)F. The summed E-state index contributed by atoms with van der Waals surface area (Å²) in [5.74, 6) is -52.8. The third-order valence-electron chi connectivity index (χ3n) is 24.4. The van der Waals surface area contributed by atoms with Crippen molar-refractivity contribution in [3.63, 3.8) is 0 Å². The number of carbonyl (C=O) groups excluding carboxylic acids is 4. The fraction of sp³-hybridized carbons (Fsp3) is 0.944. The highest BCUT2D eigenvalue weighted by molar-refractivity contribution is 5.78. The Balaban J connectivity index is 0.000000415. The molecule has 0 spiro atoms. The molecular formula is C72H100F32O16. The summed E-state index contributed by atoms with van der Waals surface area (Å²) in [5.41, 5.74) is -35.8. The Kier molecular flexibility index (Phi) is 30.6. The van der Waals surface area contributed by atoms with Gasteiger partial charge in [-0.15, -0.1) is 0 Å². The standard InChI is InChI=1S/C21H30F8O4.C20H28F8O4.C16H22F8O4.C15H20F8O4/c1-5-15(3,4)14(30)32-16(6-2)12-17(20(24,25)26,13-10-8-7-9-11-13)33-19(31,18(16,22)23)21(27,28)29;1-5-14(2,3)13(29)31-15(4)11-16(19(23,24)25,12-9-7-6-8-10-12)32-18(30,17(15,21)22)20(26,27)28;1-6-10(3,4)9(25)27-12(7-2)8-11(5,15(19,20)21)28-14(26,13(12,17)18)16(22,23)24;1-6-9(2,3)8(24)26-10(4)7-11(5,14(18,19)20)27-13(25,12(10,16)17)15(21,22)23/h13,31H,5-12H2,1-4H3;12,30H,5-11H2,1-4H3;26H,6-8H2,1-5H3;25H,6-7H2,1-5H3.